The molecule has 3 heteroatoms. The van der Waals surface area contributed by atoms with Crippen LogP contribution in [0.5, 0.6) is 5.75 Å². The van der Waals surface area contributed by atoms with Gasteiger partial charge >= 0.3 is 0 Å². The maximum atomic E-state index is 6.09. The van der Waals surface area contributed by atoms with Crippen molar-refractivity contribution in [3.05, 3.63) is 23.8 Å². The Balaban J connectivity index is 1.57. The first-order valence-corrected chi connectivity index (χ1v) is 10.6. The summed E-state index contributed by atoms with van der Waals surface area (Å²) in [7, 11) is 0. The highest BCUT2D eigenvalue weighted by molar-refractivity contribution is 5.61. The lowest BCUT2D eigenvalue weighted by atomic mass is 10.0. The summed E-state index contributed by atoms with van der Waals surface area (Å²) in [5, 5.41) is 0. The van der Waals surface area contributed by atoms with Gasteiger partial charge in [-0.25, -0.2) is 0 Å². The molecule has 0 aromatic heterocycles. The normalized spacial score (nSPS) is 18.6. The molecule has 0 N–H and O–H groups in total. The highest BCUT2D eigenvalue weighted by Gasteiger charge is 2.25. The highest BCUT2D eigenvalue weighted by atomic mass is 16.5. The lowest BCUT2D eigenvalue weighted by Gasteiger charge is -2.30. The molecule has 0 aliphatic carbocycles. The van der Waals surface area contributed by atoms with E-state index < -0.39 is 0 Å². The monoisotopic (exact) mass is 344 g/mol. The van der Waals surface area contributed by atoms with Crippen LogP contribution in [0.25, 0.3) is 0 Å². The van der Waals surface area contributed by atoms with E-state index in [1.54, 1.807) is 0 Å². The number of hydrogen-bond donors (Lipinski definition) is 0. The predicted octanol–water partition coefficient (Wildman–Crippen LogP) is 4.88. The van der Waals surface area contributed by atoms with Crippen LogP contribution in [0.4, 0.5) is 5.69 Å². The summed E-state index contributed by atoms with van der Waals surface area (Å²) in [5.74, 6) is 1.05. The van der Waals surface area contributed by atoms with Gasteiger partial charge in [0, 0.05) is 30.9 Å². The maximum absolute atomic E-state index is 6.09. The summed E-state index contributed by atoms with van der Waals surface area (Å²) in [6.07, 6.45) is 10.5. The molecule has 1 saturated heterocycles. The number of rotatable bonds is 10. The molecular formula is C22H36N2O. The van der Waals surface area contributed by atoms with Crippen molar-refractivity contribution in [3.8, 4) is 5.75 Å². The SMILES string of the molecule is CCCCCC(CC)N1CCc2ccc(OCCN3CCCC3)cc21. The molecule has 1 atom stereocenters. The lowest BCUT2D eigenvalue weighted by molar-refractivity contribution is 0.238. The van der Waals surface area contributed by atoms with Gasteiger partial charge in [0.1, 0.15) is 12.4 Å². The maximum Gasteiger partial charge on any atom is 0.121 e. The third-order valence-electron chi connectivity index (χ3n) is 5.92. The zero-order valence-corrected chi connectivity index (χ0v) is 16.3. The van der Waals surface area contributed by atoms with E-state index in [0.717, 1.165) is 18.9 Å². The van der Waals surface area contributed by atoms with Gasteiger partial charge in [-0.2, -0.15) is 0 Å². The molecule has 0 amide bonds. The highest BCUT2D eigenvalue weighted by Crippen LogP contribution is 2.35. The molecule has 0 radical (unpaired) electrons. The van der Waals surface area contributed by atoms with Crippen molar-refractivity contribution in [1.29, 1.82) is 0 Å². The summed E-state index contributed by atoms with van der Waals surface area (Å²) >= 11 is 0. The average Bonchev–Trinajstić information content (AvgIpc) is 3.29. The zero-order chi connectivity index (χ0) is 17.5. The third-order valence-corrected chi connectivity index (χ3v) is 5.92. The van der Waals surface area contributed by atoms with Crippen LogP contribution in [0.1, 0.15) is 64.4 Å². The van der Waals surface area contributed by atoms with E-state index in [1.807, 2.05) is 0 Å². The van der Waals surface area contributed by atoms with E-state index in [1.165, 1.54) is 82.3 Å². The molecule has 0 spiro atoms. The first kappa shape index (κ1) is 18.6. The minimum absolute atomic E-state index is 0.688. The summed E-state index contributed by atoms with van der Waals surface area (Å²) in [6.45, 7) is 10.2. The quantitative estimate of drug-likeness (QED) is 0.563. The van der Waals surface area contributed by atoms with Crippen LogP contribution in [0.3, 0.4) is 0 Å². The van der Waals surface area contributed by atoms with E-state index in [-0.39, 0.29) is 0 Å². The molecule has 140 valence electrons. The van der Waals surface area contributed by atoms with Crippen LogP contribution in [-0.2, 0) is 6.42 Å². The van der Waals surface area contributed by atoms with E-state index in [2.05, 4.69) is 41.8 Å². The first-order valence-electron chi connectivity index (χ1n) is 10.6. The van der Waals surface area contributed by atoms with Gasteiger partial charge in [-0.05, 0) is 56.8 Å². The second kappa shape index (κ2) is 9.47. The standard InChI is InChI=1S/C22H36N2O/c1-3-5-6-9-20(4-2)24-15-12-19-10-11-21(18-22(19)24)25-17-16-23-13-7-8-14-23/h10-11,18,20H,3-9,12-17H2,1-2H3. The molecular weight excluding hydrogens is 308 g/mol. The Morgan fingerprint density at radius 3 is 2.68 bits per heavy atom. The molecule has 3 rings (SSSR count). The number of likely N-dealkylation sites (tertiary alicyclic amines) is 1. The van der Waals surface area contributed by atoms with Crippen molar-refractivity contribution in [3.63, 3.8) is 0 Å². The van der Waals surface area contributed by atoms with Crippen LogP contribution < -0.4 is 9.64 Å². The Kier molecular flexibility index (Phi) is 7.03. The topological polar surface area (TPSA) is 15.7 Å². The van der Waals surface area contributed by atoms with Crippen molar-refractivity contribution < 1.29 is 4.74 Å². The predicted molar refractivity (Wildman–Crippen MR) is 107 cm³/mol. The fourth-order valence-corrected chi connectivity index (χ4v) is 4.36. The molecule has 1 fully saturated rings. The van der Waals surface area contributed by atoms with Gasteiger partial charge in [-0.3, -0.25) is 4.90 Å². The number of fused-ring (bicyclic) bond motifs is 1. The Morgan fingerprint density at radius 2 is 1.92 bits per heavy atom. The van der Waals surface area contributed by atoms with E-state index in [0.29, 0.717) is 6.04 Å². The minimum Gasteiger partial charge on any atom is -0.492 e. The van der Waals surface area contributed by atoms with Gasteiger partial charge in [0.25, 0.3) is 0 Å². The third kappa shape index (κ3) is 4.91. The molecule has 1 unspecified atom stereocenters. The summed E-state index contributed by atoms with van der Waals surface area (Å²) in [5.41, 5.74) is 2.93. The van der Waals surface area contributed by atoms with Crippen molar-refractivity contribution in [2.75, 3.05) is 37.7 Å². The molecule has 25 heavy (non-hydrogen) atoms. The van der Waals surface area contributed by atoms with Gasteiger partial charge in [0.05, 0.1) is 0 Å². The molecule has 0 bridgehead atoms. The largest absolute Gasteiger partial charge is 0.492 e. The summed E-state index contributed by atoms with van der Waals surface area (Å²) in [4.78, 5) is 5.17. The molecule has 2 heterocycles. The summed E-state index contributed by atoms with van der Waals surface area (Å²) in [6, 6.07) is 7.45. The van der Waals surface area contributed by atoms with E-state index in [4.69, 9.17) is 4.74 Å². The Bertz CT molecular complexity index is 525. The van der Waals surface area contributed by atoms with Gasteiger partial charge in [-0.1, -0.05) is 39.2 Å². The smallest absolute Gasteiger partial charge is 0.121 e. The van der Waals surface area contributed by atoms with Gasteiger partial charge in [0.15, 0.2) is 0 Å². The van der Waals surface area contributed by atoms with Gasteiger partial charge in [-0.15, -0.1) is 0 Å². The van der Waals surface area contributed by atoms with Crippen LogP contribution >= 0.6 is 0 Å². The van der Waals surface area contributed by atoms with Crippen LogP contribution in [-0.4, -0.2) is 43.7 Å². The van der Waals surface area contributed by atoms with Crippen molar-refractivity contribution >= 4 is 5.69 Å². The Morgan fingerprint density at radius 1 is 1.08 bits per heavy atom. The number of hydrogen-bond acceptors (Lipinski definition) is 3. The zero-order valence-electron chi connectivity index (χ0n) is 16.3. The molecule has 1 aromatic carbocycles. The lowest BCUT2D eigenvalue weighted by Crippen LogP contribution is -2.33. The Labute approximate surface area is 154 Å². The summed E-state index contributed by atoms with van der Waals surface area (Å²) < 4.78 is 6.09. The molecule has 2 aliphatic heterocycles. The van der Waals surface area contributed by atoms with Crippen LogP contribution in [0, 0.1) is 0 Å². The van der Waals surface area contributed by atoms with Gasteiger partial charge < -0.3 is 9.64 Å². The first-order chi connectivity index (χ1) is 12.3. The van der Waals surface area contributed by atoms with Crippen molar-refractivity contribution in [2.24, 2.45) is 0 Å². The second-order valence-electron chi connectivity index (χ2n) is 7.69. The van der Waals surface area contributed by atoms with Gasteiger partial charge in [0.2, 0.25) is 0 Å². The Hall–Kier alpha value is -1.22. The fraction of sp³-hybridized carbons (Fsp3) is 0.727. The number of nitrogens with zero attached hydrogens (tertiary/aromatic N) is 2. The number of ether oxygens (including phenoxy) is 1. The molecule has 1 aromatic rings. The molecule has 3 nitrogen and oxygen atoms in total. The minimum atomic E-state index is 0.688. The number of anilines is 1. The van der Waals surface area contributed by atoms with Crippen molar-refractivity contribution in [2.45, 2.75) is 71.3 Å². The van der Waals surface area contributed by atoms with E-state index >= 15 is 0 Å². The number of benzene rings is 1. The van der Waals surface area contributed by atoms with Crippen LogP contribution in [0.2, 0.25) is 0 Å². The number of unbranched alkanes of at least 4 members (excludes halogenated alkanes) is 2. The molecule has 2 aliphatic rings. The molecule has 0 saturated carbocycles. The second-order valence-corrected chi connectivity index (χ2v) is 7.69. The fourth-order valence-electron chi connectivity index (χ4n) is 4.36. The van der Waals surface area contributed by atoms with E-state index in [9.17, 15) is 0 Å². The van der Waals surface area contributed by atoms with Crippen LogP contribution in [0.15, 0.2) is 18.2 Å². The average molecular weight is 345 g/mol. The van der Waals surface area contributed by atoms with Crippen molar-refractivity contribution in [1.82, 2.24) is 4.90 Å².